The first-order valence-electron chi connectivity index (χ1n) is 7.22. The number of nitrogens with one attached hydrogen (secondary N) is 1. The summed E-state index contributed by atoms with van der Waals surface area (Å²) in [5.74, 6) is 5.76. The molecular weight excluding hydrogens is 266 g/mol. The maximum absolute atomic E-state index is 12.2. The van der Waals surface area contributed by atoms with Crippen LogP contribution in [0.5, 0.6) is 0 Å². The fourth-order valence-electron chi connectivity index (χ4n) is 2.40. The number of hydrogen-bond donors (Lipinski definition) is 2. The number of ether oxygens (including phenoxy) is 1. The summed E-state index contributed by atoms with van der Waals surface area (Å²) >= 11 is 0. The molecule has 2 rings (SSSR count). The predicted molar refractivity (Wildman–Crippen MR) is 81.0 cm³/mol. The zero-order chi connectivity index (χ0) is 15.2. The highest BCUT2D eigenvalue weighted by Crippen LogP contribution is 2.19. The van der Waals surface area contributed by atoms with E-state index in [9.17, 15) is 4.79 Å². The molecule has 1 aliphatic heterocycles. The molecule has 1 fully saturated rings. The highest BCUT2D eigenvalue weighted by atomic mass is 16.5. The van der Waals surface area contributed by atoms with E-state index in [1.165, 1.54) is 0 Å². The van der Waals surface area contributed by atoms with Crippen molar-refractivity contribution in [3.05, 3.63) is 34.9 Å². The predicted octanol–water partition coefficient (Wildman–Crippen LogP) is 1.49. The number of aliphatic hydroxyl groups excluding tert-OH is 1. The monoisotopic (exact) mass is 287 g/mol. The molecule has 2 unspecified atom stereocenters. The van der Waals surface area contributed by atoms with Crippen LogP contribution in [0.25, 0.3) is 0 Å². The summed E-state index contributed by atoms with van der Waals surface area (Å²) in [4.78, 5) is 12.2. The Bertz CT molecular complexity index is 571. The van der Waals surface area contributed by atoms with Crippen LogP contribution >= 0.6 is 0 Å². The van der Waals surface area contributed by atoms with Gasteiger partial charge in [0.2, 0.25) is 0 Å². The van der Waals surface area contributed by atoms with Gasteiger partial charge in [-0.25, -0.2) is 0 Å². The second-order valence-corrected chi connectivity index (χ2v) is 5.32. The van der Waals surface area contributed by atoms with Gasteiger partial charge in [-0.2, -0.15) is 0 Å². The first-order chi connectivity index (χ1) is 10.1. The van der Waals surface area contributed by atoms with E-state index in [0.717, 1.165) is 24.2 Å². The van der Waals surface area contributed by atoms with Gasteiger partial charge in [-0.15, -0.1) is 0 Å². The minimum Gasteiger partial charge on any atom is -0.384 e. The summed E-state index contributed by atoms with van der Waals surface area (Å²) in [7, 11) is 0. The molecule has 112 valence electrons. The van der Waals surface area contributed by atoms with Crippen molar-refractivity contribution in [3.8, 4) is 11.8 Å². The summed E-state index contributed by atoms with van der Waals surface area (Å²) in [5.41, 5.74) is 2.36. The van der Waals surface area contributed by atoms with E-state index in [-0.39, 0.29) is 18.6 Å². The van der Waals surface area contributed by atoms with Crippen LogP contribution in [0.15, 0.2) is 18.2 Å². The second-order valence-electron chi connectivity index (χ2n) is 5.32. The van der Waals surface area contributed by atoms with Crippen molar-refractivity contribution in [3.63, 3.8) is 0 Å². The molecule has 1 heterocycles. The molecule has 1 aromatic carbocycles. The highest BCUT2D eigenvalue weighted by Gasteiger charge is 2.24. The molecule has 0 radical (unpaired) electrons. The molecule has 4 heteroatoms. The number of hydrogen-bond acceptors (Lipinski definition) is 3. The minimum absolute atomic E-state index is 0.0962. The molecule has 0 spiro atoms. The quantitative estimate of drug-likeness (QED) is 0.828. The van der Waals surface area contributed by atoms with Crippen molar-refractivity contribution in [2.24, 2.45) is 5.92 Å². The first-order valence-corrected chi connectivity index (χ1v) is 7.22. The number of benzene rings is 1. The Labute approximate surface area is 125 Å². The van der Waals surface area contributed by atoms with Gasteiger partial charge in [0.15, 0.2) is 0 Å². The van der Waals surface area contributed by atoms with Crippen molar-refractivity contribution >= 4 is 5.91 Å². The number of amides is 1. The molecule has 0 bridgehead atoms. The molecule has 4 nitrogen and oxygen atoms in total. The Morgan fingerprint density at radius 1 is 1.52 bits per heavy atom. The normalized spacial score (nSPS) is 20.7. The third-order valence-electron chi connectivity index (χ3n) is 3.86. The number of aliphatic hydroxyl groups is 1. The Hall–Kier alpha value is -1.83. The minimum atomic E-state index is -0.185. The van der Waals surface area contributed by atoms with Gasteiger partial charge in [-0.3, -0.25) is 4.79 Å². The van der Waals surface area contributed by atoms with E-state index in [4.69, 9.17) is 9.84 Å². The number of carbonyl (C=O) groups excluding carboxylic acids is 1. The van der Waals surface area contributed by atoms with Crippen molar-refractivity contribution in [2.75, 3.05) is 19.8 Å². The van der Waals surface area contributed by atoms with Crippen LogP contribution in [0.2, 0.25) is 0 Å². The fourth-order valence-corrected chi connectivity index (χ4v) is 2.40. The van der Waals surface area contributed by atoms with Crippen molar-refractivity contribution in [1.29, 1.82) is 0 Å². The molecule has 2 atom stereocenters. The Morgan fingerprint density at radius 2 is 2.33 bits per heavy atom. The van der Waals surface area contributed by atoms with Crippen molar-refractivity contribution < 1.29 is 14.6 Å². The molecular formula is C17H21NO3. The van der Waals surface area contributed by atoms with Crippen LogP contribution < -0.4 is 5.32 Å². The lowest BCUT2D eigenvalue weighted by Crippen LogP contribution is -2.32. The van der Waals surface area contributed by atoms with Crippen LogP contribution in [-0.4, -0.2) is 36.9 Å². The summed E-state index contributed by atoms with van der Waals surface area (Å²) in [5, 5.41) is 11.7. The van der Waals surface area contributed by atoms with E-state index in [1.807, 2.05) is 19.9 Å². The van der Waals surface area contributed by atoms with Crippen molar-refractivity contribution in [2.45, 2.75) is 26.4 Å². The molecule has 2 N–H and O–H groups in total. The first kappa shape index (κ1) is 15.6. The van der Waals surface area contributed by atoms with E-state index in [1.54, 1.807) is 12.1 Å². The molecule has 0 saturated carbocycles. The molecule has 1 amide bonds. The lowest BCUT2D eigenvalue weighted by Gasteiger charge is -2.15. The van der Waals surface area contributed by atoms with Gasteiger partial charge in [0.05, 0.1) is 6.10 Å². The third-order valence-corrected chi connectivity index (χ3v) is 3.86. The van der Waals surface area contributed by atoms with Gasteiger partial charge in [-0.05, 0) is 38.0 Å². The molecule has 1 aliphatic rings. The van der Waals surface area contributed by atoms with Crippen LogP contribution in [0.3, 0.4) is 0 Å². The molecule has 1 aromatic rings. The summed E-state index contributed by atoms with van der Waals surface area (Å²) in [6.07, 6.45) is 1.19. The summed E-state index contributed by atoms with van der Waals surface area (Å²) in [6.45, 7) is 5.19. The molecule has 0 aromatic heterocycles. The fraction of sp³-hybridized carbons (Fsp3) is 0.471. The van der Waals surface area contributed by atoms with Gasteiger partial charge < -0.3 is 15.2 Å². The van der Waals surface area contributed by atoms with Crippen LogP contribution in [0.4, 0.5) is 0 Å². The van der Waals surface area contributed by atoms with Crippen LogP contribution in [-0.2, 0) is 4.74 Å². The Morgan fingerprint density at radius 3 is 3.00 bits per heavy atom. The zero-order valence-electron chi connectivity index (χ0n) is 12.5. The maximum Gasteiger partial charge on any atom is 0.251 e. The number of rotatable bonds is 3. The SMILES string of the molecule is Cc1ccc(C(=O)NCC2CCOC2C)cc1C#CCO. The molecule has 0 aliphatic carbocycles. The maximum atomic E-state index is 12.2. The number of carbonyl (C=O) groups is 1. The van der Waals surface area contributed by atoms with Gasteiger partial charge in [0, 0.05) is 30.2 Å². The lowest BCUT2D eigenvalue weighted by molar-refractivity contribution is 0.0907. The largest absolute Gasteiger partial charge is 0.384 e. The topological polar surface area (TPSA) is 58.6 Å². The van der Waals surface area contributed by atoms with E-state index in [0.29, 0.717) is 18.0 Å². The average Bonchev–Trinajstić information content (AvgIpc) is 2.89. The molecule has 21 heavy (non-hydrogen) atoms. The second kappa shape index (κ2) is 7.26. The Balaban J connectivity index is 2.02. The number of aryl methyl sites for hydroxylation is 1. The lowest BCUT2D eigenvalue weighted by atomic mass is 10.0. The summed E-state index contributed by atoms with van der Waals surface area (Å²) in [6, 6.07) is 5.43. The highest BCUT2D eigenvalue weighted by molar-refractivity contribution is 5.94. The average molecular weight is 287 g/mol. The van der Waals surface area contributed by atoms with E-state index in [2.05, 4.69) is 17.2 Å². The summed E-state index contributed by atoms with van der Waals surface area (Å²) < 4.78 is 5.49. The molecule has 1 saturated heterocycles. The Kier molecular flexibility index (Phi) is 5.38. The van der Waals surface area contributed by atoms with E-state index >= 15 is 0 Å². The third kappa shape index (κ3) is 4.07. The van der Waals surface area contributed by atoms with Gasteiger partial charge in [-0.1, -0.05) is 17.9 Å². The van der Waals surface area contributed by atoms with Crippen molar-refractivity contribution in [1.82, 2.24) is 5.32 Å². The van der Waals surface area contributed by atoms with Crippen LogP contribution in [0, 0.1) is 24.7 Å². The van der Waals surface area contributed by atoms with Gasteiger partial charge >= 0.3 is 0 Å². The zero-order valence-corrected chi connectivity index (χ0v) is 12.5. The standard InChI is InChI=1S/C17H21NO3/c1-12-5-6-15(10-14(12)4-3-8-19)17(20)18-11-16-7-9-21-13(16)2/h5-6,10,13,16,19H,7-9,11H2,1-2H3,(H,18,20). The van der Waals surface area contributed by atoms with Gasteiger partial charge in [0.25, 0.3) is 5.91 Å². The van der Waals surface area contributed by atoms with Crippen LogP contribution in [0.1, 0.15) is 34.8 Å². The van der Waals surface area contributed by atoms with Gasteiger partial charge in [0.1, 0.15) is 6.61 Å². The smallest absolute Gasteiger partial charge is 0.251 e. The van der Waals surface area contributed by atoms with E-state index < -0.39 is 0 Å².